The van der Waals surface area contributed by atoms with Gasteiger partial charge >= 0.3 is 5.97 Å². The molecule has 1 aromatic rings. The monoisotopic (exact) mass is 213 g/mol. The van der Waals surface area contributed by atoms with Crippen LogP contribution in [0.1, 0.15) is 12.7 Å². The Morgan fingerprint density at radius 1 is 1.67 bits per heavy atom. The van der Waals surface area contributed by atoms with Crippen LogP contribution in [-0.4, -0.2) is 34.9 Å². The second kappa shape index (κ2) is 4.95. The van der Waals surface area contributed by atoms with Crippen molar-refractivity contribution in [1.82, 2.24) is 5.32 Å². The highest BCUT2D eigenvalue weighted by Crippen LogP contribution is 2.02. The van der Waals surface area contributed by atoms with E-state index in [0.717, 1.165) is 5.76 Å². The van der Waals surface area contributed by atoms with Gasteiger partial charge < -0.3 is 19.9 Å². The summed E-state index contributed by atoms with van der Waals surface area (Å²) >= 11 is 0. The Balaban J connectivity index is 2.19. The molecule has 0 saturated carbocycles. The number of furan rings is 1. The zero-order valence-corrected chi connectivity index (χ0v) is 8.56. The van der Waals surface area contributed by atoms with Crippen molar-refractivity contribution in [3.8, 4) is 0 Å². The van der Waals surface area contributed by atoms with E-state index in [9.17, 15) is 9.90 Å². The number of carboxylic acids is 1. The van der Waals surface area contributed by atoms with E-state index in [4.69, 9.17) is 9.52 Å². The normalized spacial score (nSPS) is 14.8. The Morgan fingerprint density at radius 3 is 2.93 bits per heavy atom. The number of aliphatic hydroxyl groups is 1. The number of carbonyl (C=O) groups is 1. The van der Waals surface area contributed by atoms with Crippen LogP contribution in [-0.2, 0) is 11.2 Å². The first kappa shape index (κ1) is 11.7. The van der Waals surface area contributed by atoms with Crippen LogP contribution in [0.2, 0.25) is 0 Å². The van der Waals surface area contributed by atoms with E-state index < -0.39 is 11.6 Å². The number of carboxylic acid groups (broad SMARTS) is 1. The first-order valence-corrected chi connectivity index (χ1v) is 4.71. The highest BCUT2D eigenvalue weighted by molar-refractivity contribution is 5.76. The number of rotatable bonds is 6. The van der Waals surface area contributed by atoms with Gasteiger partial charge in [0.25, 0.3) is 0 Å². The Morgan fingerprint density at radius 2 is 2.40 bits per heavy atom. The molecule has 1 atom stereocenters. The van der Waals surface area contributed by atoms with Crippen molar-refractivity contribution in [2.45, 2.75) is 18.9 Å². The van der Waals surface area contributed by atoms with Gasteiger partial charge in [-0.25, -0.2) is 4.79 Å². The first-order chi connectivity index (χ1) is 7.02. The molecule has 1 unspecified atom stereocenters. The highest BCUT2D eigenvalue weighted by Gasteiger charge is 2.28. The fraction of sp³-hybridized carbons (Fsp3) is 0.500. The van der Waals surface area contributed by atoms with E-state index in [2.05, 4.69) is 5.32 Å². The molecule has 0 saturated heterocycles. The third-order valence-corrected chi connectivity index (χ3v) is 2.06. The van der Waals surface area contributed by atoms with E-state index in [1.807, 2.05) is 6.07 Å². The van der Waals surface area contributed by atoms with E-state index in [1.165, 1.54) is 6.92 Å². The van der Waals surface area contributed by atoms with Gasteiger partial charge in [0.2, 0.25) is 0 Å². The predicted octanol–water partition coefficient (Wildman–Crippen LogP) is 0.247. The molecule has 15 heavy (non-hydrogen) atoms. The minimum atomic E-state index is -1.72. The molecule has 0 aliphatic carbocycles. The molecule has 1 heterocycles. The van der Waals surface area contributed by atoms with Gasteiger partial charge in [-0.1, -0.05) is 0 Å². The lowest BCUT2D eigenvalue weighted by atomic mass is 10.1. The first-order valence-electron chi connectivity index (χ1n) is 4.71. The average molecular weight is 213 g/mol. The fourth-order valence-corrected chi connectivity index (χ4v) is 1.07. The van der Waals surface area contributed by atoms with Gasteiger partial charge in [-0.05, 0) is 19.1 Å². The van der Waals surface area contributed by atoms with Crippen LogP contribution in [0.15, 0.2) is 22.8 Å². The molecule has 0 aromatic carbocycles. The summed E-state index contributed by atoms with van der Waals surface area (Å²) < 4.78 is 5.09. The van der Waals surface area contributed by atoms with Crippen LogP contribution in [0.4, 0.5) is 0 Å². The van der Waals surface area contributed by atoms with Crippen LogP contribution in [0.3, 0.4) is 0 Å². The zero-order valence-electron chi connectivity index (χ0n) is 8.56. The summed E-state index contributed by atoms with van der Waals surface area (Å²) in [5, 5.41) is 20.8. The lowest BCUT2D eigenvalue weighted by Crippen LogP contribution is -2.45. The predicted molar refractivity (Wildman–Crippen MR) is 53.5 cm³/mol. The minimum absolute atomic E-state index is 0.0169. The molecule has 0 spiro atoms. The standard InChI is InChI=1S/C10H15NO4/c1-10(14,9(12)13)7-11-5-4-8-3-2-6-15-8/h2-3,6,11,14H,4-5,7H2,1H3,(H,12,13). The molecule has 5 heteroatoms. The smallest absolute Gasteiger partial charge is 0.336 e. The van der Waals surface area contributed by atoms with Crippen LogP contribution < -0.4 is 5.32 Å². The maximum atomic E-state index is 10.5. The van der Waals surface area contributed by atoms with Crippen LogP contribution in [0, 0.1) is 0 Å². The largest absolute Gasteiger partial charge is 0.479 e. The Kier molecular flexibility index (Phi) is 3.88. The molecular weight excluding hydrogens is 198 g/mol. The van der Waals surface area contributed by atoms with Crippen molar-refractivity contribution in [3.05, 3.63) is 24.2 Å². The molecule has 0 amide bonds. The van der Waals surface area contributed by atoms with Crippen molar-refractivity contribution in [2.24, 2.45) is 0 Å². The molecular formula is C10H15NO4. The maximum absolute atomic E-state index is 10.5. The zero-order chi connectivity index (χ0) is 11.3. The van der Waals surface area contributed by atoms with E-state index in [0.29, 0.717) is 13.0 Å². The van der Waals surface area contributed by atoms with Crippen molar-refractivity contribution in [1.29, 1.82) is 0 Å². The second-order valence-electron chi connectivity index (χ2n) is 3.59. The Bertz CT molecular complexity index is 305. The molecule has 0 aliphatic rings. The molecule has 0 radical (unpaired) electrons. The highest BCUT2D eigenvalue weighted by atomic mass is 16.4. The molecule has 5 nitrogen and oxygen atoms in total. The van der Waals surface area contributed by atoms with Gasteiger partial charge in [0.15, 0.2) is 5.60 Å². The molecule has 0 bridgehead atoms. The number of aliphatic carboxylic acids is 1. The summed E-state index contributed by atoms with van der Waals surface area (Å²) in [7, 11) is 0. The van der Waals surface area contributed by atoms with Crippen LogP contribution in [0.5, 0.6) is 0 Å². The quantitative estimate of drug-likeness (QED) is 0.590. The molecule has 1 aromatic heterocycles. The maximum Gasteiger partial charge on any atom is 0.336 e. The van der Waals surface area contributed by atoms with Crippen molar-refractivity contribution < 1.29 is 19.4 Å². The summed E-state index contributed by atoms with van der Waals surface area (Å²) in [5.74, 6) is -0.398. The lowest BCUT2D eigenvalue weighted by Gasteiger charge is -2.17. The van der Waals surface area contributed by atoms with E-state index >= 15 is 0 Å². The topological polar surface area (TPSA) is 82.7 Å². The lowest BCUT2D eigenvalue weighted by molar-refractivity contribution is -0.156. The molecule has 0 fully saturated rings. The Labute approximate surface area is 87.7 Å². The van der Waals surface area contributed by atoms with E-state index in [1.54, 1.807) is 12.3 Å². The fourth-order valence-electron chi connectivity index (χ4n) is 1.07. The molecule has 3 N–H and O–H groups in total. The van der Waals surface area contributed by atoms with Crippen LogP contribution in [0.25, 0.3) is 0 Å². The van der Waals surface area contributed by atoms with Gasteiger partial charge in [-0.15, -0.1) is 0 Å². The molecule has 1 rings (SSSR count). The summed E-state index contributed by atoms with van der Waals surface area (Å²) in [6.45, 7) is 1.84. The summed E-state index contributed by atoms with van der Waals surface area (Å²) in [6, 6.07) is 3.64. The van der Waals surface area contributed by atoms with Crippen molar-refractivity contribution >= 4 is 5.97 Å². The minimum Gasteiger partial charge on any atom is -0.479 e. The average Bonchev–Trinajstić information content (AvgIpc) is 2.64. The third-order valence-electron chi connectivity index (χ3n) is 2.06. The number of nitrogens with one attached hydrogen (secondary N) is 1. The van der Waals surface area contributed by atoms with Gasteiger partial charge in [0.05, 0.1) is 6.26 Å². The van der Waals surface area contributed by atoms with Gasteiger partial charge in [-0.2, -0.15) is 0 Å². The van der Waals surface area contributed by atoms with Gasteiger partial charge in [0.1, 0.15) is 5.76 Å². The summed E-state index contributed by atoms with van der Waals surface area (Å²) in [4.78, 5) is 10.5. The van der Waals surface area contributed by atoms with Crippen molar-refractivity contribution in [2.75, 3.05) is 13.1 Å². The number of hydrogen-bond donors (Lipinski definition) is 3. The summed E-state index contributed by atoms with van der Waals surface area (Å²) in [5.41, 5.74) is -1.72. The Hall–Kier alpha value is -1.33. The van der Waals surface area contributed by atoms with Gasteiger partial charge in [-0.3, -0.25) is 0 Å². The van der Waals surface area contributed by atoms with Gasteiger partial charge in [0, 0.05) is 19.5 Å². The second-order valence-corrected chi connectivity index (χ2v) is 3.59. The summed E-state index contributed by atoms with van der Waals surface area (Å²) in [6.07, 6.45) is 2.26. The van der Waals surface area contributed by atoms with E-state index in [-0.39, 0.29) is 6.54 Å². The van der Waals surface area contributed by atoms with Crippen molar-refractivity contribution in [3.63, 3.8) is 0 Å². The van der Waals surface area contributed by atoms with Crippen LogP contribution >= 0.6 is 0 Å². The number of hydrogen-bond acceptors (Lipinski definition) is 4. The molecule has 84 valence electrons. The SMILES string of the molecule is CC(O)(CNCCc1ccco1)C(=O)O. The third kappa shape index (κ3) is 3.73. The molecule has 0 aliphatic heterocycles.